The summed E-state index contributed by atoms with van der Waals surface area (Å²) < 4.78 is 6.57. The first-order valence-electron chi connectivity index (χ1n) is 9.82. The fourth-order valence-electron chi connectivity index (χ4n) is 2.70. The number of nitrogens with one attached hydrogen (secondary N) is 1. The molecule has 3 rings (SSSR count). The molecule has 0 bridgehead atoms. The Bertz CT molecular complexity index is 1120. The van der Waals surface area contributed by atoms with Crippen molar-refractivity contribution < 1.29 is 9.53 Å². The summed E-state index contributed by atoms with van der Waals surface area (Å²) in [6.07, 6.45) is 1.55. The molecule has 0 aliphatic heterocycles. The van der Waals surface area contributed by atoms with Gasteiger partial charge >= 0.3 is 0 Å². The van der Waals surface area contributed by atoms with Crippen molar-refractivity contribution in [1.29, 1.82) is 0 Å². The standard InChI is InChI=1S/C24H23BrN4O2S/c1-17-7-5-6-10-21(17)28-23(30)15-31-22-12-11-20(25)13-19(22)14-27-29-24(26)32-16-18-8-3-2-4-9-18/h2-14H,15-16H2,1H3,(H2,26,29)(H,28,30). The molecule has 0 aliphatic rings. The lowest BCUT2D eigenvalue weighted by molar-refractivity contribution is -0.118. The molecule has 0 saturated carbocycles. The molecule has 0 fully saturated rings. The summed E-state index contributed by atoms with van der Waals surface area (Å²) in [5, 5.41) is 11.3. The molecule has 0 unspecified atom stereocenters. The van der Waals surface area contributed by atoms with Gasteiger partial charge in [-0.1, -0.05) is 76.2 Å². The lowest BCUT2D eigenvalue weighted by Gasteiger charge is -2.11. The smallest absolute Gasteiger partial charge is 0.262 e. The molecule has 0 saturated heterocycles. The first kappa shape index (κ1) is 23.6. The van der Waals surface area contributed by atoms with Crippen LogP contribution in [0.15, 0.2) is 87.5 Å². The van der Waals surface area contributed by atoms with Crippen LogP contribution < -0.4 is 15.8 Å². The summed E-state index contributed by atoms with van der Waals surface area (Å²) in [4.78, 5) is 12.3. The predicted molar refractivity (Wildman–Crippen MR) is 136 cm³/mol. The van der Waals surface area contributed by atoms with Gasteiger partial charge in [-0.25, -0.2) is 0 Å². The zero-order valence-electron chi connectivity index (χ0n) is 17.5. The Morgan fingerprint density at radius 3 is 2.66 bits per heavy atom. The molecule has 3 aromatic rings. The van der Waals surface area contributed by atoms with E-state index in [4.69, 9.17) is 10.5 Å². The fraction of sp³-hybridized carbons (Fsp3) is 0.125. The van der Waals surface area contributed by atoms with Gasteiger partial charge in [-0.3, -0.25) is 4.79 Å². The number of hydrogen-bond acceptors (Lipinski definition) is 5. The molecular formula is C24H23BrN4O2S. The van der Waals surface area contributed by atoms with E-state index in [1.165, 1.54) is 11.8 Å². The predicted octanol–water partition coefficient (Wildman–Crippen LogP) is 5.36. The number of nitrogens with zero attached hydrogens (tertiary/aromatic N) is 2. The Labute approximate surface area is 200 Å². The Kier molecular flexibility index (Phi) is 8.89. The fourth-order valence-corrected chi connectivity index (χ4v) is 3.69. The molecular weight excluding hydrogens is 488 g/mol. The van der Waals surface area contributed by atoms with Crippen molar-refractivity contribution in [3.63, 3.8) is 0 Å². The largest absolute Gasteiger partial charge is 0.483 e. The monoisotopic (exact) mass is 510 g/mol. The maximum Gasteiger partial charge on any atom is 0.262 e. The van der Waals surface area contributed by atoms with Crippen LogP contribution in [0.2, 0.25) is 0 Å². The van der Waals surface area contributed by atoms with Gasteiger partial charge in [0, 0.05) is 21.5 Å². The lowest BCUT2D eigenvalue weighted by Crippen LogP contribution is -2.21. The molecule has 0 atom stereocenters. The van der Waals surface area contributed by atoms with E-state index in [1.807, 2.05) is 73.7 Å². The summed E-state index contributed by atoms with van der Waals surface area (Å²) in [5.41, 5.74) is 9.52. The van der Waals surface area contributed by atoms with Crippen LogP contribution >= 0.6 is 27.7 Å². The van der Waals surface area contributed by atoms with Crippen LogP contribution in [0.3, 0.4) is 0 Å². The van der Waals surface area contributed by atoms with Crippen LogP contribution in [0.4, 0.5) is 5.69 Å². The number of carbonyl (C=O) groups excluding carboxylic acids is 1. The molecule has 32 heavy (non-hydrogen) atoms. The molecule has 164 valence electrons. The van der Waals surface area contributed by atoms with Gasteiger partial charge < -0.3 is 15.8 Å². The van der Waals surface area contributed by atoms with Crippen LogP contribution in [0.1, 0.15) is 16.7 Å². The normalized spacial score (nSPS) is 11.5. The number of thioether (sulfide) groups is 1. The number of amidine groups is 1. The lowest BCUT2D eigenvalue weighted by atomic mass is 10.2. The van der Waals surface area contributed by atoms with Gasteiger partial charge in [0.1, 0.15) is 5.75 Å². The Morgan fingerprint density at radius 2 is 1.88 bits per heavy atom. The summed E-state index contributed by atoms with van der Waals surface area (Å²) in [7, 11) is 0. The van der Waals surface area contributed by atoms with Crippen molar-refractivity contribution in [3.8, 4) is 5.75 Å². The summed E-state index contributed by atoms with van der Waals surface area (Å²) >= 11 is 4.85. The van der Waals surface area contributed by atoms with E-state index in [0.29, 0.717) is 22.2 Å². The van der Waals surface area contributed by atoms with E-state index in [9.17, 15) is 4.79 Å². The molecule has 0 aliphatic carbocycles. The molecule has 0 radical (unpaired) electrons. The van der Waals surface area contributed by atoms with Crippen molar-refractivity contribution in [1.82, 2.24) is 0 Å². The molecule has 0 spiro atoms. The van der Waals surface area contributed by atoms with Gasteiger partial charge in [-0.15, -0.1) is 5.10 Å². The Hall–Kier alpha value is -3.10. The van der Waals surface area contributed by atoms with Crippen LogP contribution in [0.5, 0.6) is 5.75 Å². The summed E-state index contributed by atoms with van der Waals surface area (Å²) in [5.74, 6) is 0.986. The Balaban J connectivity index is 1.59. The maximum atomic E-state index is 12.3. The number of hydrogen-bond donors (Lipinski definition) is 2. The van der Waals surface area contributed by atoms with Crippen LogP contribution in [-0.4, -0.2) is 23.9 Å². The van der Waals surface area contributed by atoms with E-state index in [2.05, 4.69) is 31.4 Å². The van der Waals surface area contributed by atoms with Crippen molar-refractivity contribution in [2.75, 3.05) is 11.9 Å². The summed E-state index contributed by atoms with van der Waals surface area (Å²) in [6.45, 7) is 1.80. The number of para-hydroxylation sites is 1. The maximum absolute atomic E-state index is 12.3. The average Bonchev–Trinajstić information content (AvgIpc) is 2.79. The molecule has 3 aromatic carbocycles. The second-order valence-electron chi connectivity index (χ2n) is 6.79. The topological polar surface area (TPSA) is 89.1 Å². The molecule has 0 heterocycles. The van der Waals surface area contributed by atoms with Crippen LogP contribution in [-0.2, 0) is 10.5 Å². The minimum Gasteiger partial charge on any atom is -0.483 e. The van der Waals surface area contributed by atoms with Crippen LogP contribution in [0.25, 0.3) is 0 Å². The van der Waals surface area contributed by atoms with E-state index < -0.39 is 0 Å². The van der Waals surface area contributed by atoms with Gasteiger partial charge in [0.15, 0.2) is 11.8 Å². The van der Waals surface area contributed by atoms with Crippen molar-refractivity contribution >= 4 is 50.7 Å². The van der Waals surface area contributed by atoms with E-state index in [-0.39, 0.29) is 12.5 Å². The molecule has 1 amide bonds. The minimum absolute atomic E-state index is 0.130. The van der Waals surface area contributed by atoms with Crippen molar-refractivity contribution in [2.45, 2.75) is 12.7 Å². The second-order valence-corrected chi connectivity index (χ2v) is 8.70. The first-order chi connectivity index (χ1) is 15.5. The number of halogens is 1. The van der Waals surface area contributed by atoms with Gasteiger partial charge in [0.2, 0.25) is 0 Å². The third-order valence-corrected chi connectivity index (χ3v) is 5.68. The number of nitrogens with two attached hydrogens (primary N) is 1. The zero-order valence-corrected chi connectivity index (χ0v) is 19.9. The number of amides is 1. The highest BCUT2D eigenvalue weighted by Gasteiger charge is 2.08. The molecule has 3 N–H and O–H groups in total. The highest BCUT2D eigenvalue weighted by Crippen LogP contribution is 2.22. The van der Waals surface area contributed by atoms with Crippen LogP contribution in [0, 0.1) is 6.92 Å². The SMILES string of the molecule is Cc1ccccc1NC(=O)COc1ccc(Br)cc1C=NN=C(N)SCc1ccccc1. The minimum atomic E-state index is -0.246. The van der Waals surface area contributed by atoms with E-state index in [1.54, 1.807) is 12.3 Å². The number of rotatable bonds is 8. The zero-order chi connectivity index (χ0) is 22.8. The van der Waals surface area contributed by atoms with Gasteiger partial charge in [-0.2, -0.15) is 5.10 Å². The number of benzene rings is 3. The first-order valence-corrected chi connectivity index (χ1v) is 11.6. The molecule has 8 heteroatoms. The molecule has 0 aromatic heterocycles. The van der Waals surface area contributed by atoms with Crippen molar-refractivity contribution in [3.05, 3.63) is 94.0 Å². The number of anilines is 1. The average molecular weight is 511 g/mol. The van der Waals surface area contributed by atoms with Crippen molar-refractivity contribution in [2.24, 2.45) is 15.9 Å². The van der Waals surface area contributed by atoms with Gasteiger partial charge in [-0.05, 0) is 42.3 Å². The highest BCUT2D eigenvalue weighted by molar-refractivity contribution is 9.10. The third kappa shape index (κ3) is 7.55. The highest BCUT2D eigenvalue weighted by atomic mass is 79.9. The Morgan fingerprint density at radius 1 is 1.12 bits per heavy atom. The van der Waals surface area contributed by atoms with Gasteiger partial charge in [0.05, 0.1) is 6.21 Å². The quantitative estimate of drug-likeness (QED) is 0.242. The summed E-state index contributed by atoms with van der Waals surface area (Å²) in [6, 6.07) is 23.0. The van der Waals surface area contributed by atoms with E-state index >= 15 is 0 Å². The second kappa shape index (κ2) is 12.1. The number of ether oxygens (including phenoxy) is 1. The molecule has 6 nitrogen and oxygen atoms in total. The van der Waals surface area contributed by atoms with E-state index in [0.717, 1.165) is 21.3 Å². The van der Waals surface area contributed by atoms with Gasteiger partial charge in [0.25, 0.3) is 5.91 Å². The third-order valence-electron chi connectivity index (χ3n) is 4.33. The number of carbonyl (C=O) groups is 1. The number of aryl methyl sites for hydroxylation is 1.